The normalized spacial score (nSPS) is 11.5. The van der Waals surface area contributed by atoms with Crippen molar-refractivity contribution in [3.63, 3.8) is 0 Å². The van der Waals surface area contributed by atoms with Gasteiger partial charge in [0.25, 0.3) is 5.69 Å². The average molecular weight is 284 g/mol. The zero-order valence-corrected chi connectivity index (χ0v) is 8.87. The van der Waals surface area contributed by atoms with Crippen LogP contribution in [-0.2, 0) is 4.79 Å². The summed E-state index contributed by atoms with van der Waals surface area (Å²) >= 11 is 0. The lowest BCUT2D eigenvalue weighted by Crippen LogP contribution is -2.41. The molecule has 5 nitrogen and oxygen atoms in total. The second kappa shape index (κ2) is 5.16. The summed E-state index contributed by atoms with van der Waals surface area (Å²) in [5, 5.41) is 11.5. The van der Waals surface area contributed by atoms with Crippen molar-refractivity contribution in [1.29, 1.82) is 0 Å². The van der Waals surface area contributed by atoms with Crippen LogP contribution < -0.4 is 5.32 Å². The van der Waals surface area contributed by atoms with E-state index in [2.05, 4.69) is 0 Å². The number of amides is 1. The van der Waals surface area contributed by atoms with E-state index in [1.54, 1.807) is 0 Å². The van der Waals surface area contributed by atoms with E-state index in [1.165, 1.54) is 5.32 Å². The van der Waals surface area contributed by atoms with Crippen LogP contribution in [0.25, 0.3) is 0 Å². The zero-order valence-electron chi connectivity index (χ0n) is 8.87. The van der Waals surface area contributed by atoms with Crippen molar-refractivity contribution in [2.45, 2.75) is 12.3 Å². The van der Waals surface area contributed by atoms with E-state index < -0.39 is 40.4 Å². The van der Waals surface area contributed by atoms with Crippen LogP contribution in [0.2, 0.25) is 0 Å². The molecule has 1 aromatic carbocycles. The Morgan fingerprint density at radius 1 is 1.37 bits per heavy atom. The second-order valence-corrected chi connectivity index (χ2v) is 3.30. The number of nitro benzene ring substituents is 1. The summed E-state index contributed by atoms with van der Waals surface area (Å²) in [4.78, 5) is 20.1. The number of carbonyl (C=O) groups excluding carboxylic acids is 1. The molecule has 0 saturated heterocycles. The fourth-order valence-electron chi connectivity index (χ4n) is 1.02. The first-order valence-electron chi connectivity index (χ1n) is 4.57. The maximum atomic E-state index is 13.2. The van der Waals surface area contributed by atoms with E-state index in [9.17, 15) is 36.9 Å². The molecule has 0 fully saturated rings. The summed E-state index contributed by atoms with van der Waals surface area (Å²) in [5.41, 5.74) is -1.55. The monoisotopic (exact) mass is 284 g/mol. The molecular weight excluding hydrogens is 279 g/mol. The molecule has 0 spiro atoms. The van der Waals surface area contributed by atoms with E-state index in [1.807, 2.05) is 0 Å². The van der Waals surface area contributed by atoms with Crippen LogP contribution in [0.15, 0.2) is 18.2 Å². The third-order valence-corrected chi connectivity index (χ3v) is 1.99. The fourth-order valence-corrected chi connectivity index (χ4v) is 1.02. The first-order valence-corrected chi connectivity index (χ1v) is 4.57. The van der Waals surface area contributed by atoms with Gasteiger partial charge in [0, 0.05) is 6.07 Å². The molecule has 0 heterocycles. The number of nitrogens with one attached hydrogen (secondary N) is 1. The lowest BCUT2D eigenvalue weighted by molar-refractivity contribution is -0.385. The van der Waals surface area contributed by atoms with E-state index in [4.69, 9.17) is 0 Å². The Labute approximate surface area is 102 Å². The van der Waals surface area contributed by atoms with Crippen LogP contribution in [-0.4, -0.2) is 23.2 Å². The molecule has 0 aliphatic heterocycles. The highest BCUT2D eigenvalue weighted by Crippen LogP contribution is 2.26. The van der Waals surface area contributed by atoms with Crippen LogP contribution >= 0.6 is 0 Å². The number of non-ortho nitro benzene ring substituents is 1. The molecule has 1 N–H and O–H groups in total. The number of nitro groups is 1. The van der Waals surface area contributed by atoms with Crippen LogP contribution in [0.3, 0.4) is 0 Å². The first-order chi connectivity index (χ1) is 8.66. The molecule has 1 aromatic rings. The number of rotatable bonds is 4. The molecular formula is C9H5F5N2O3. The van der Waals surface area contributed by atoms with Gasteiger partial charge in [0.05, 0.1) is 16.7 Å². The summed E-state index contributed by atoms with van der Waals surface area (Å²) in [6.45, 7) is 0. The van der Waals surface area contributed by atoms with E-state index >= 15 is 0 Å². The van der Waals surface area contributed by atoms with Crippen LogP contribution in [0, 0.1) is 15.9 Å². The first kappa shape index (κ1) is 14.8. The number of carbonyl (C=O) groups is 1. The summed E-state index contributed by atoms with van der Waals surface area (Å²) < 4.78 is 62.0. The Bertz CT molecular complexity index is 521. The number of hydrogen-bond acceptors (Lipinski definition) is 3. The fraction of sp³-hybridized carbons (Fsp3) is 0.222. The number of anilines is 1. The molecule has 0 atom stereocenters. The highest BCUT2D eigenvalue weighted by atomic mass is 19.3. The molecule has 0 bridgehead atoms. The van der Waals surface area contributed by atoms with Crippen molar-refractivity contribution in [3.05, 3.63) is 34.1 Å². The highest BCUT2D eigenvalue weighted by Gasteiger charge is 2.49. The lowest BCUT2D eigenvalue weighted by Gasteiger charge is -2.14. The van der Waals surface area contributed by atoms with E-state index in [0.717, 1.165) is 6.07 Å². The Morgan fingerprint density at radius 3 is 2.37 bits per heavy atom. The molecule has 0 aliphatic rings. The van der Waals surface area contributed by atoms with Gasteiger partial charge in [-0.3, -0.25) is 14.9 Å². The lowest BCUT2D eigenvalue weighted by atomic mass is 10.2. The Balaban J connectivity index is 2.95. The molecule has 1 amide bonds. The molecule has 0 radical (unpaired) electrons. The van der Waals surface area contributed by atoms with Crippen molar-refractivity contribution in [3.8, 4) is 0 Å². The smallest absolute Gasteiger partial charge is 0.318 e. The van der Waals surface area contributed by atoms with Gasteiger partial charge in [0.2, 0.25) is 0 Å². The Morgan fingerprint density at radius 2 is 1.95 bits per heavy atom. The maximum absolute atomic E-state index is 13.2. The largest absolute Gasteiger partial charge is 0.383 e. The van der Waals surface area contributed by atoms with Gasteiger partial charge in [-0.25, -0.2) is 13.2 Å². The Hall–Kier alpha value is -2.26. The number of benzene rings is 1. The highest BCUT2D eigenvalue weighted by molar-refractivity contribution is 5.96. The van der Waals surface area contributed by atoms with Gasteiger partial charge in [-0.2, -0.15) is 8.78 Å². The minimum atomic E-state index is -4.99. The van der Waals surface area contributed by atoms with Crippen molar-refractivity contribution in [1.82, 2.24) is 0 Å². The number of halogens is 5. The van der Waals surface area contributed by atoms with Gasteiger partial charge < -0.3 is 5.32 Å². The van der Waals surface area contributed by atoms with Gasteiger partial charge in [-0.1, -0.05) is 0 Å². The molecule has 1 rings (SSSR count). The van der Waals surface area contributed by atoms with Crippen molar-refractivity contribution >= 4 is 17.3 Å². The second-order valence-electron chi connectivity index (χ2n) is 3.30. The van der Waals surface area contributed by atoms with Crippen molar-refractivity contribution in [2.24, 2.45) is 0 Å². The Kier molecular flexibility index (Phi) is 4.02. The number of nitrogens with zero attached hydrogens (tertiary/aromatic N) is 1. The average Bonchev–Trinajstić information content (AvgIpc) is 2.30. The van der Waals surface area contributed by atoms with Crippen molar-refractivity contribution < 1.29 is 31.7 Å². The topological polar surface area (TPSA) is 72.2 Å². The standard InChI is InChI=1S/C9H5F5N2O3/c10-5-3-4(16(18)19)1-2-6(5)15-8(17)9(13,14)7(11)12/h1-3,7H,(H,15,17). The van der Waals surface area contributed by atoms with Crippen LogP contribution in [0.1, 0.15) is 0 Å². The predicted octanol–water partition coefficient (Wildman–Crippen LogP) is 2.57. The van der Waals surface area contributed by atoms with Gasteiger partial charge in [-0.15, -0.1) is 0 Å². The van der Waals surface area contributed by atoms with E-state index in [0.29, 0.717) is 12.1 Å². The summed E-state index contributed by atoms with van der Waals surface area (Å²) in [5.74, 6) is -8.79. The molecule has 0 aliphatic carbocycles. The number of hydrogen-bond donors (Lipinski definition) is 1. The van der Waals surface area contributed by atoms with Crippen LogP contribution in [0.4, 0.5) is 33.3 Å². The number of alkyl halides is 4. The zero-order chi connectivity index (χ0) is 14.8. The van der Waals surface area contributed by atoms with E-state index in [-0.39, 0.29) is 0 Å². The quantitative estimate of drug-likeness (QED) is 0.524. The van der Waals surface area contributed by atoms with Gasteiger partial charge >= 0.3 is 18.3 Å². The summed E-state index contributed by atoms with van der Waals surface area (Å²) in [6.07, 6.45) is -4.26. The summed E-state index contributed by atoms with van der Waals surface area (Å²) in [7, 11) is 0. The predicted molar refractivity (Wildman–Crippen MR) is 52.6 cm³/mol. The third-order valence-electron chi connectivity index (χ3n) is 1.99. The van der Waals surface area contributed by atoms with Gasteiger partial charge in [0.15, 0.2) is 5.82 Å². The molecule has 10 heteroatoms. The third kappa shape index (κ3) is 3.14. The molecule has 19 heavy (non-hydrogen) atoms. The SMILES string of the molecule is O=C(Nc1ccc([N+](=O)[O-])cc1F)C(F)(F)C(F)F. The maximum Gasteiger partial charge on any atom is 0.383 e. The van der Waals surface area contributed by atoms with Gasteiger partial charge in [0.1, 0.15) is 0 Å². The van der Waals surface area contributed by atoms with Crippen molar-refractivity contribution in [2.75, 3.05) is 5.32 Å². The molecule has 104 valence electrons. The molecule has 0 unspecified atom stereocenters. The van der Waals surface area contributed by atoms with Gasteiger partial charge in [-0.05, 0) is 6.07 Å². The minimum Gasteiger partial charge on any atom is -0.318 e. The minimum absolute atomic E-state index is 0.357. The summed E-state index contributed by atoms with van der Waals surface area (Å²) in [6, 6.07) is 1.70. The van der Waals surface area contributed by atoms with Crippen LogP contribution in [0.5, 0.6) is 0 Å². The molecule has 0 aromatic heterocycles. The molecule has 0 saturated carbocycles.